The second-order valence-electron chi connectivity index (χ2n) is 5.74. The van der Waals surface area contributed by atoms with Crippen molar-refractivity contribution >= 4 is 5.78 Å². The van der Waals surface area contributed by atoms with Crippen molar-refractivity contribution in [3.05, 3.63) is 0 Å². The normalized spacial score (nSPS) is 12.6. The largest absolute Gasteiger partial charge is 0.393 e. The zero-order valence-electron chi connectivity index (χ0n) is 13.1. The van der Waals surface area contributed by atoms with E-state index in [1.54, 1.807) is 0 Å². The maximum absolute atomic E-state index is 11.6. The van der Waals surface area contributed by atoms with E-state index in [0.29, 0.717) is 25.0 Å². The Morgan fingerprint density at radius 3 is 1.95 bits per heavy atom. The van der Waals surface area contributed by atoms with Crippen molar-refractivity contribution in [1.29, 1.82) is 0 Å². The third-order valence-corrected chi connectivity index (χ3v) is 3.69. The van der Waals surface area contributed by atoms with Crippen molar-refractivity contribution in [2.45, 2.75) is 103 Å². The van der Waals surface area contributed by atoms with E-state index in [1.807, 2.05) is 0 Å². The fourth-order valence-electron chi connectivity index (χ4n) is 2.39. The van der Waals surface area contributed by atoms with Gasteiger partial charge in [-0.15, -0.1) is 0 Å². The van der Waals surface area contributed by atoms with E-state index in [-0.39, 0.29) is 6.10 Å². The Labute approximate surface area is 120 Å². The molecule has 1 N–H and O–H groups in total. The highest BCUT2D eigenvalue weighted by Gasteiger charge is 2.07. The van der Waals surface area contributed by atoms with Crippen LogP contribution in [-0.2, 0) is 4.79 Å². The number of unbranched alkanes of at least 4 members (excludes halogenated alkanes) is 7. The van der Waals surface area contributed by atoms with Gasteiger partial charge in [0.15, 0.2) is 0 Å². The predicted molar refractivity (Wildman–Crippen MR) is 82.4 cm³/mol. The van der Waals surface area contributed by atoms with Crippen LogP contribution in [-0.4, -0.2) is 17.0 Å². The molecule has 0 saturated carbocycles. The van der Waals surface area contributed by atoms with Gasteiger partial charge in [0.05, 0.1) is 6.10 Å². The first-order valence-corrected chi connectivity index (χ1v) is 8.40. The summed E-state index contributed by atoms with van der Waals surface area (Å²) in [5.74, 6) is 0.334. The molecule has 0 radical (unpaired) electrons. The number of hydrogen-bond acceptors (Lipinski definition) is 2. The molecule has 0 unspecified atom stereocenters. The first-order chi connectivity index (χ1) is 9.20. The lowest BCUT2D eigenvalue weighted by atomic mass is 10.0. The molecule has 0 saturated heterocycles. The number of hydrogen-bond donors (Lipinski definition) is 1. The van der Waals surface area contributed by atoms with Gasteiger partial charge < -0.3 is 5.11 Å². The Hall–Kier alpha value is -0.370. The van der Waals surface area contributed by atoms with E-state index < -0.39 is 0 Å². The van der Waals surface area contributed by atoms with Crippen LogP contribution in [0.3, 0.4) is 0 Å². The van der Waals surface area contributed by atoms with E-state index in [2.05, 4.69) is 13.8 Å². The van der Waals surface area contributed by atoms with Gasteiger partial charge in [0.1, 0.15) is 5.78 Å². The lowest BCUT2D eigenvalue weighted by Gasteiger charge is -2.08. The lowest BCUT2D eigenvalue weighted by Crippen LogP contribution is -2.09. The fourth-order valence-corrected chi connectivity index (χ4v) is 2.39. The lowest BCUT2D eigenvalue weighted by molar-refractivity contribution is -0.119. The van der Waals surface area contributed by atoms with Crippen LogP contribution >= 0.6 is 0 Å². The highest BCUT2D eigenvalue weighted by Crippen LogP contribution is 2.11. The summed E-state index contributed by atoms with van der Waals surface area (Å²) in [5, 5.41) is 9.56. The van der Waals surface area contributed by atoms with Crippen LogP contribution < -0.4 is 0 Å². The maximum atomic E-state index is 11.6. The Balaban J connectivity index is 3.25. The molecular weight excluding hydrogens is 236 g/mol. The molecule has 0 spiro atoms. The molecule has 0 aliphatic rings. The van der Waals surface area contributed by atoms with Crippen molar-refractivity contribution in [1.82, 2.24) is 0 Å². The van der Waals surface area contributed by atoms with Gasteiger partial charge in [-0.25, -0.2) is 0 Å². The third kappa shape index (κ3) is 13.9. The molecule has 0 fully saturated rings. The summed E-state index contributed by atoms with van der Waals surface area (Å²) in [6, 6.07) is 0. The summed E-state index contributed by atoms with van der Waals surface area (Å²) >= 11 is 0. The molecule has 0 aromatic rings. The first kappa shape index (κ1) is 18.6. The fraction of sp³-hybridized carbons (Fsp3) is 0.941. The standard InChI is InChI=1S/C17H34O2/c1-3-5-6-7-8-9-10-11-13-17(19)15-14-16(18)12-4-2/h16,18H,3-15H2,1-2H3/t16-/m1/s1. The van der Waals surface area contributed by atoms with E-state index in [4.69, 9.17) is 0 Å². The van der Waals surface area contributed by atoms with Gasteiger partial charge in [0.2, 0.25) is 0 Å². The molecule has 0 heterocycles. The van der Waals surface area contributed by atoms with Gasteiger partial charge in [-0.05, 0) is 19.3 Å². The zero-order chi connectivity index (χ0) is 14.3. The highest BCUT2D eigenvalue weighted by atomic mass is 16.3. The molecule has 0 aliphatic carbocycles. The average Bonchev–Trinajstić information content (AvgIpc) is 2.40. The Kier molecular flexibility index (Phi) is 13.8. The molecule has 0 bridgehead atoms. The summed E-state index contributed by atoms with van der Waals surface area (Å²) in [6.07, 6.45) is 13.7. The van der Waals surface area contributed by atoms with Crippen molar-refractivity contribution < 1.29 is 9.90 Å². The number of rotatable bonds is 14. The van der Waals surface area contributed by atoms with E-state index in [0.717, 1.165) is 19.3 Å². The quantitative estimate of drug-likeness (QED) is 0.450. The molecule has 2 heteroatoms. The summed E-state index contributed by atoms with van der Waals surface area (Å²) in [5.41, 5.74) is 0. The smallest absolute Gasteiger partial charge is 0.133 e. The Bertz CT molecular complexity index is 201. The predicted octanol–water partition coefficient (Wildman–Crippen LogP) is 5.03. The molecule has 114 valence electrons. The van der Waals surface area contributed by atoms with Crippen molar-refractivity contribution in [2.75, 3.05) is 0 Å². The summed E-state index contributed by atoms with van der Waals surface area (Å²) < 4.78 is 0. The van der Waals surface area contributed by atoms with E-state index in [9.17, 15) is 9.90 Å². The third-order valence-electron chi connectivity index (χ3n) is 3.69. The van der Waals surface area contributed by atoms with Crippen LogP contribution in [0.1, 0.15) is 97.3 Å². The van der Waals surface area contributed by atoms with Crippen molar-refractivity contribution in [3.8, 4) is 0 Å². The van der Waals surface area contributed by atoms with Crippen LogP contribution in [0.4, 0.5) is 0 Å². The summed E-state index contributed by atoms with van der Waals surface area (Å²) in [7, 11) is 0. The minimum atomic E-state index is -0.271. The van der Waals surface area contributed by atoms with Crippen LogP contribution in [0, 0.1) is 0 Å². The van der Waals surface area contributed by atoms with Gasteiger partial charge in [-0.3, -0.25) is 4.79 Å². The molecule has 2 nitrogen and oxygen atoms in total. The maximum Gasteiger partial charge on any atom is 0.133 e. The molecule has 0 amide bonds. The topological polar surface area (TPSA) is 37.3 Å². The molecule has 0 aromatic carbocycles. The number of carbonyl (C=O) groups is 1. The zero-order valence-corrected chi connectivity index (χ0v) is 13.1. The molecule has 1 atom stereocenters. The van der Waals surface area contributed by atoms with Crippen molar-refractivity contribution in [2.24, 2.45) is 0 Å². The van der Waals surface area contributed by atoms with Gasteiger partial charge >= 0.3 is 0 Å². The number of ketones is 1. The average molecular weight is 270 g/mol. The van der Waals surface area contributed by atoms with Gasteiger partial charge in [-0.1, -0.05) is 65.2 Å². The molecule has 0 rings (SSSR count). The van der Waals surface area contributed by atoms with Gasteiger partial charge in [0, 0.05) is 12.8 Å². The van der Waals surface area contributed by atoms with Gasteiger partial charge in [-0.2, -0.15) is 0 Å². The second kappa shape index (κ2) is 14.0. The van der Waals surface area contributed by atoms with Crippen LogP contribution in [0.25, 0.3) is 0 Å². The minimum absolute atomic E-state index is 0.271. The summed E-state index contributed by atoms with van der Waals surface area (Å²) in [4.78, 5) is 11.6. The Morgan fingerprint density at radius 1 is 0.789 bits per heavy atom. The first-order valence-electron chi connectivity index (χ1n) is 8.40. The number of carbonyl (C=O) groups excluding carboxylic acids is 1. The number of aliphatic hydroxyl groups excluding tert-OH is 1. The molecule has 0 aromatic heterocycles. The summed E-state index contributed by atoms with van der Waals surface area (Å²) in [6.45, 7) is 4.30. The number of Topliss-reactive ketones (excluding diaryl/α,β-unsaturated/α-hetero) is 1. The van der Waals surface area contributed by atoms with Crippen LogP contribution in [0.15, 0.2) is 0 Å². The molecular formula is C17H34O2. The Morgan fingerprint density at radius 2 is 1.37 bits per heavy atom. The second-order valence-corrected chi connectivity index (χ2v) is 5.74. The van der Waals surface area contributed by atoms with E-state index >= 15 is 0 Å². The molecule has 0 aliphatic heterocycles. The monoisotopic (exact) mass is 270 g/mol. The van der Waals surface area contributed by atoms with Crippen LogP contribution in [0.5, 0.6) is 0 Å². The number of aliphatic hydroxyl groups is 1. The van der Waals surface area contributed by atoms with Crippen LogP contribution in [0.2, 0.25) is 0 Å². The highest BCUT2D eigenvalue weighted by molar-refractivity contribution is 5.78. The van der Waals surface area contributed by atoms with Gasteiger partial charge in [0.25, 0.3) is 0 Å². The van der Waals surface area contributed by atoms with E-state index in [1.165, 1.54) is 44.9 Å². The minimum Gasteiger partial charge on any atom is -0.393 e. The molecule has 19 heavy (non-hydrogen) atoms. The SMILES string of the molecule is CCCCCCCCCCC(=O)CC[C@H](O)CCC. The van der Waals surface area contributed by atoms with Crippen molar-refractivity contribution in [3.63, 3.8) is 0 Å².